The maximum atomic E-state index is 13.0. The van der Waals surface area contributed by atoms with Gasteiger partial charge < -0.3 is 10.4 Å². The molecule has 6 heteroatoms. The maximum Gasteiger partial charge on any atom is 0.329 e. The quantitative estimate of drug-likeness (QED) is 0.842. The van der Waals surface area contributed by atoms with Crippen LogP contribution >= 0.6 is 0 Å². The smallest absolute Gasteiger partial charge is 0.329 e. The Kier molecular flexibility index (Phi) is 5.19. The zero-order valence-electron chi connectivity index (χ0n) is 11.4. The van der Waals surface area contributed by atoms with Crippen LogP contribution in [0.25, 0.3) is 0 Å². The van der Waals surface area contributed by atoms with Crippen molar-refractivity contribution < 1.29 is 23.5 Å². The topological polar surface area (TPSA) is 66.4 Å². The number of rotatable bonds is 6. The average Bonchev–Trinajstić information content (AvgIpc) is 2.33. The molecular weight excluding hydrogens is 268 g/mol. The normalized spacial score (nSPS) is 13.6. The molecule has 1 unspecified atom stereocenters. The lowest BCUT2D eigenvalue weighted by atomic mass is 9.96. The molecule has 0 radical (unpaired) electrons. The fraction of sp³-hybridized carbons (Fsp3) is 0.429. The predicted octanol–water partition coefficient (Wildman–Crippen LogP) is 2.27. The Morgan fingerprint density at radius 2 is 1.95 bits per heavy atom. The first-order valence-electron chi connectivity index (χ1n) is 6.27. The van der Waals surface area contributed by atoms with Crippen molar-refractivity contribution in [3.63, 3.8) is 0 Å². The third-order valence-corrected chi connectivity index (χ3v) is 2.99. The Morgan fingerprint density at radius 3 is 2.45 bits per heavy atom. The molecule has 1 aromatic rings. The molecule has 0 spiro atoms. The van der Waals surface area contributed by atoms with Crippen molar-refractivity contribution >= 4 is 11.9 Å². The lowest BCUT2D eigenvalue weighted by Gasteiger charge is -2.25. The van der Waals surface area contributed by atoms with Gasteiger partial charge in [0.1, 0.15) is 5.54 Å². The Hall–Kier alpha value is -1.98. The first kappa shape index (κ1) is 16.1. The second-order valence-electron chi connectivity index (χ2n) is 4.86. The van der Waals surface area contributed by atoms with E-state index in [1.54, 1.807) is 0 Å². The Labute approximate surface area is 115 Å². The van der Waals surface area contributed by atoms with Crippen molar-refractivity contribution in [1.29, 1.82) is 0 Å². The molecule has 0 saturated heterocycles. The molecule has 4 nitrogen and oxygen atoms in total. The second kappa shape index (κ2) is 6.45. The Morgan fingerprint density at radius 1 is 1.30 bits per heavy atom. The highest BCUT2D eigenvalue weighted by atomic mass is 19.2. The summed E-state index contributed by atoms with van der Waals surface area (Å²) in [6, 6.07) is 3.14. The summed E-state index contributed by atoms with van der Waals surface area (Å²) in [6.45, 7) is 3.23. The second-order valence-corrected chi connectivity index (χ2v) is 4.86. The highest BCUT2D eigenvalue weighted by Gasteiger charge is 2.33. The van der Waals surface area contributed by atoms with Gasteiger partial charge in [0.15, 0.2) is 11.6 Å². The molecule has 110 valence electrons. The first-order chi connectivity index (χ1) is 9.28. The van der Waals surface area contributed by atoms with Crippen LogP contribution in [0.5, 0.6) is 0 Å². The molecule has 0 aliphatic carbocycles. The minimum atomic E-state index is -1.36. The van der Waals surface area contributed by atoms with Gasteiger partial charge in [0.05, 0.1) is 6.42 Å². The van der Waals surface area contributed by atoms with Crippen LogP contribution in [-0.2, 0) is 16.0 Å². The number of carbonyl (C=O) groups is 2. The highest BCUT2D eigenvalue weighted by Crippen LogP contribution is 2.14. The molecule has 1 aromatic carbocycles. The number of hydrogen-bond acceptors (Lipinski definition) is 2. The van der Waals surface area contributed by atoms with E-state index in [-0.39, 0.29) is 18.4 Å². The molecule has 0 saturated carbocycles. The van der Waals surface area contributed by atoms with Crippen molar-refractivity contribution in [3.8, 4) is 0 Å². The fourth-order valence-electron chi connectivity index (χ4n) is 1.91. The van der Waals surface area contributed by atoms with Crippen molar-refractivity contribution in [3.05, 3.63) is 35.4 Å². The highest BCUT2D eigenvalue weighted by molar-refractivity contribution is 5.87. The predicted molar refractivity (Wildman–Crippen MR) is 69.2 cm³/mol. The van der Waals surface area contributed by atoms with Gasteiger partial charge in [0.25, 0.3) is 0 Å². The van der Waals surface area contributed by atoms with E-state index in [2.05, 4.69) is 5.32 Å². The zero-order chi connectivity index (χ0) is 15.3. The van der Waals surface area contributed by atoms with Crippen LogP contribution in [0.1, 0.15) is 32.3 Å². The zero-order valence-corrected chi connectivity index (χ0v) is 11.4. The molecule has 20 heavy (non-hydrogen) atoms. The van der Waals surface area contributed by atoms with E-state index < -0.39 is 29.0 Å². The number of carboxylic acid groups (broad SMARTS) is 1. The van der Waals surface area contributed by atoms with Crippen molar-refractivity contribution in [2.24, 2.45) is 0 Å². The molecule has 0 aliphatic heterocycles. The summed E-state index contributed by atoms with van der Waals surface area (Å²) in [6.07, 6.45) is 0.671. The lowest BCUT2D eigenvalue weighted by molar-refractivity contribution is -0.147. The van der Waals surface area contributed by atoms with E-state index in [0.717, 1.165) is 12.1 Å². The van der Waals surface area contributed by atoms with Crippen molar-refractivity contribution in [2.75, 3.05) is 0 Å². The summed E-state index contributed by atoms with van der Waals surface area (Å²) in [5.41, 5.74) is -1.07. The molecule has 0 heterocycles. The van der Waals surface area contributed by atoms with Crippen LogP contribution in [-0.4, -0.2) is 22.5 Å². The van der Waals surface area contributed by atoms with Gasteiger partial charge in [-0.05, 0) is 31.0 Å². The summed E-state index contributed by atoms with van der Waals surface area (Å²) < 4.78 is 25.8. The summed E-state index contributed by atoms with van der Waals surface area (Å²) in [7, 11) is 0. The average molecular weight is 285 g/mol. The molecule has 1 rings (SSSR count). The summed E-state index contributed by atoms with van der Waals surface area (Å²) >= 11 is 0. The van der Waals surface area contributed by atoms with Crippen LogP contribution in [0.15, 0.2) is 18.2 Å². The van der Waals surface area contributed by atoms with Crippen LogP contribution in [0, 0.1) is 11.6 Å². The molecule has 1 amide bonds. The SMILES string of the molecule is CCCC(C)(NC(=O)Cc1ccc(F)c(F)c1)C(=O)O. The largest absolute Gasteiger partial charge is 0.480 e. The van der Waals surface area contributed by atoms with E-state index in [9.17, 15) is 18.4 Å². The molecule has 0 fully saturated rings. The van der Waals surface area contributed by atoms with Gasteiger partial charge in [-0.1, -0.05) is 19.4 Å². The van der Waals surface area contributed by atoms with Gasteiger partial charge in [-0.2, -0.15) is 0 Å². The number of nitrogens with one attached hydrogen (secondary N) is 1. The number of halogens is 2. The molecule has 1 atom stereocenters. The minimum Gasteiger partial charge on any atom is -0.480 e. The molecule has 0 bridgehead atoms. The van der Waals surface area contributed by atoms with Crippen LogP contribution in [0.4, 0.5) is 8.78 Å². The van der Waals surface area contributed by atoms with Crippen LogP contribution in [0.3, 0.4) is 0 Å². The third kappa shape index (κ3) is 4.01. The van der Waals surface area contributed by atoms with E-state index >= 15 is 0 Å². The summed E-state index contributed by atoms with van der Waals surface area (Å²) in [5.74, 6) is -3.70. The van der Waals surface area contributed by atoms with Crippen LogP contribution in [0.2, 0.25) is 0 Å². The van der Waals surface area contributed by atoms with Crippen LogP contribution < -0.4 is 5.32 Å². The monoisotopic (exact) mass is 285 g/mol. The van der Waals surface area contributed by atoms with Gasteiger partial charge in [-0.15, -0.1) is 0 Å². The number of carboxylic acids is 1. The van der Waals surface area contributed by atoms with Gasteiger partial charge in [0.2, 0.25) is 5.91 Å². The van der Waals surface area contributed by atoms with E-state index in [4.69, 9.17) is 5.11 Å². The van der Waals surface area contributed by atoms with Gasteiger partial charge in [0, 0.05) is 0 Å². The van der Waals surface area contributed by atoms with Gasteiger partial charge >= 0.3 is 5.97 Å². The van der Waals surface area contributed by atoms with Crippen molar-refractivity contribution in [2.45, 2.75) is 38.6 Å². The summed E-state index contributed by atoms with van der Waals surface area (Å²) in [4.78, 5) is 23.0. The molecule has 0 aliphatic rings. The Bertz CT molecular complexity index is 519. The number of aliphatic carboxylic acids is 1. The number of carbonyl (C=O) groups excluding carboxylic acids is 1. The number of hydrogen-bond donors (Lipinski definition) is 2. The van der Waals surface area contributed by atoms with E-state index in [1.165, 1.54) is 13.0 Å². The third-order valence-electron chi connectivity index (χ3n) is 2.99. The maximum absolute atomic E-state index is 13.0. The van der Waals surface area contributed by atoms with Gasteiger partial charge in [-0.3, -0.25) is 4.79 Å². The molecule has 2 N–H and O–H groups in total. The molecule has 0 aromatic heterocycles. The first-order valence-corrected chi connectivity index (χ1v) is 6.27. The molecular formula is C14H17F2NO3. The summed E-state index contributed by atoms with van der Waals surface area (Å²) in [5, 5.41) is 11.6. The minimum absolute atomic E-state index is 0.205. The standard InChI is InChI=1S/C14H17F2NO3/c1-3-6-14(2,13(19)20)17-12(18)8-9-4-5-10(15)11(16)7-9/h4-5,7H,3,6,8H2,1-2H3,(H,17,18)(H,19,20). The number of amides is 1. The van der Waals surface area contributed by atoms with Crippen molar-refractivity contribution in [1.82, 2.24) is 5.32 Å². The van der Waals surface area contributed by atoms with Gasteiger partial charge in [-0.25, -0.2) is 13.6 Å². The number of benzene rings is 1. The fourth-order valence-corrected chi connectivity index (χ4v) is 1.91. The van der Waals surface area contributed by atoms with E-state index in [1.807, 2.05) is 6.92 Å². The van der Waals surface area contributed by atoms with E-state index in [0.29, 0.717) is 6.42 Å². The lowest BCUT2D eigenvalue weighted by Crippen LogP contribution is -2.52. The Balaban J connectivity index is 2.75.